The van der Waals surface area contributed by atoms with Gasteiger partial charge in [0.05, 0.1) is 13.4 Å². The maximum Gasteiger partial charge on any atom is 0.408 e. The number of fused-ring (bicyclic) bond motifs is 1. The first-order chi connectivity index (χ1) is 29.2. The minimum Gasteiger partial charge on any atom is -0.467 e. The number of likely N-dealkylation sites (tertiary alicyclic amines) is 1. The molecular formula is C46H55N7O8. The van der Waals surface area contributed by atoms with Crippen molar-refractivity contribution >= 4 is 35.7 Å². The van der Waals surface area contributed by atoms with E-state index in [2.05, 4.69) is 26.3 Å². The number of aryl methyl sites for hydroxylation is 2. The predicted octanol–water partition coefficient (Wildman–Crippen LogP) is 3.43. The van der Waals surface area contributed by atoms with E-state index in [1.165, 1.54) is 12.0 Å². The number of esters is 1. The van der Waals surface area contributed by atoms with E-state index in [9.17, 15) is 28.8 Å². The Morgan fingerprint density at radius 2 is 1.46 bits per heavy atom. The molecule has 1 aromatic heterocycles. The molecule has 15 heteroatoms. The molecule has 3 aromatic carbocycles. The number of amides is 5. The van der Waals surface area contributed by atoms with Crippen molar-refractivity contribution in [2.75, 3.05) is 13.7 Å². The molecule has 6 rings (SSSR count). The van der Waals surface area contributed by atoms with Crippen LogP contribution in [0, 0.1) is 0 Å². The van der Waals surface area contributed by atoms with Gasteiger partial charge in [0.2, 0.25) is 17.7 Å². The van der Waals surface area contributed by atoms with Gasteiger partial charge in [0, 0.05) is 44.7 Å². The SMILES string of the molecule is COC(=O)[C@H](Cc1ccccc1)NC(=O)[C@H](Cc1ccccc1)NC(=O)C1(NC(=O)[C@H]2CCCN2C(=O)[C@H](Cc2cncn2C)NC(=O)OC(C)(C)C)CCc2ccccc21. The monoisotopic (exact) mass is 833 g/mol. The summed E-state index contributed by atoms with van der Waals surface area (Å²) < 4.78 is 12.3. The van der Waals surface area contributed by atoms with E-state index in [0.29, 0.717) is 30.5 Å². The van der Waals surface area contributed by atoms with Crippen LogP contribution >= 0.6 is 0 Å². The molecule has 2 heterocycles. The van der Waals surface area contributed by atoms with E-state index >= 15 is 0 Å². The third-order valence-electron chi connectivity index (χ3n) is 11.1. The normalized spacial score (nSPS) is 18.5. The van der Waals surface area contributed by atoms with Crippen LogP contribution in [0.3, 0.4) is 0 Å². The smallest absolute Gasteiger partial charge is 0.408 e. The van der Waals surface area contributed by atoms with Gasteiger partial charge in [0.25, 0.3) is 5.91 Å². The molecule has 61 heavy (non-hydrogen) atoms. The maximum absolute atomic E-state index is 15.0. The summed E-state index contributed by atoms with van der Waals surface area (Å²) >= 11 is 0. The lowest BCUT2D eigenvalue weighted by Gasteiger charge is -2.35. The minimum atomic E-state index is -1.62. The van der Waals surface area contributed by atoms with E-state index in [0.717, 1.165) is 16.7 Å². The summed E-state index contributed by atoms with van der Waals surface area (Å²) in [6.45, 7) is 5.41. The van der Waals surface area contributed by atoms with Crippen LogP contribution in [0.5, 0.6) is 0 Å². The Morgan fingerprint density at radius 3 is 2.08 bits per heavy atom. The molecule has 2 aliphatic rings. The lowest BCUT2D eigenvalue weighted by atomic mass is 9.89. The highest BCUT2D eigenvalue weighted by Crippen LogP contribution is 2.38. The average molecular weight is 834 g/mol. The lowest BCUT2D eigenvalue weighted by Crippen LogP contribution is -2.63. The second-order valence-electron chi connectivity index (χ2n) is 16.6. The van der Waals surface area contributed by atoms with Crippen molar-refractivity contribution in [2.24, 2.45) is 7.05 Å². The van der Waals surface area contributed by atoms with Gasteiger partial charge in [-0.05, 0) is 68.7 Å². The van der Waals surface area contributed by atoms with Gasteiger partial charge in [-0.2, -0.15) is 0 Å². The van der Waals surface area contributed by atoms with Crippen LogP contribution in [0.15, 0.2) is 97.5 Å². The molecule has 0 radical (unpaired) electrons. The number of carbonyl (C=O) groups excluding carboxylic acids is 6. The summed E-state index contributed by atoms with van der Waals surface area (Å²) in [7, 11) is 3.03. The highest BCUT2D eigenvalue weighted by molar-refractivity contribution is 5.99. The molecule has 5 amide bonds. The number of imidazole rings is 1. The molecule has 1 fully saturated rings. The van der Waals surface area contributed by atoms with Gasteiger partial charge in [-0.25, -0.2) is 14.6 Å². The van der Waals surface area contributed by atoms with Crippen molar-refractivity contribution in [1.82, 2.24) is 35.7 Å². The Hall–Kier alpha value is -6.51. The number of nitrogens with one attached hydrogen (secondary N) is 4. The highest BCUT2D eigenvalue weighted by Gasteiger charge is 2.50. The fraction of sp³-hybridized carbons (Fsp3) is 0.413. The summed E-state index contributed by atoms with van der Waals surface area (Å²) in [5.74, 6) is -2.90. The summed E-state index contributed by atoms with van der Waals surface area (Å²) in [6, 6.07) is 21.4. The van der Waals surface area contributed by atoms with E-state index in [-0.39, 0.29) is 32.2 Å². The number of aromatic nitrogens is 2. The van der Waals surface area contributed by atoms with Gasteiger partial charge in [-0.15, -0.1) is 0 Å². The molecule has 4 N–H and O–H groups in total. The molecular weight excluding hydrogens is 779 g/mol. The minimum absolute atomic E-state index is 0.0803. The number of hydrogen-bond donors (Lipinski definition) is 4. The van der Waals surface area contributed by atoms with Crippen molar-refractivity contribution in [3.05, 3.63) is 125 Å². The van der Waals surface area contributed by atoms with Crippen LogP contribution in [0.2, 0.25) is 0 Å². The second-order valence-corrected chi connectivity index (χ2v) is 16.6. The van der Waals surface area contributed by atoms with Crippen molar-refractivity contribution in [3.63, 3.8) is 0 Å². The van der Waals surface area contributed by atoms with Crippen LogP contribution in [-0.4, -0.2) is 93.6 Å². The number of nitrogens with zero attached hydrogens (tertiary/aromatic N) is 3. The van der Waals surface area contributed by atoms with Crippen LogP contribution in [-0.2, 0) is 71.7 Å². The maximum atomic E-state index is 15.0. The molecule has 1 saturated heterocycles. The number of alkyl carbamates (subject to hydrolysis) is 1. The van der Waals surface area contributed by atoms with Gasteiger partial charge in [0.15, 0.2) is 0 Å². The summed E-state index contributed by atoms with van der Waals surface area (Å²) in [4.78, 5) is 89.9. The first-order valence-corrected chi connectivity index (χ1v) is 20.6. The van der Waals surface area contributed by atoms with Gasteiger partial charge in [0.1, 0.15) is 35.3 Å². The zero-order valence-corrected chi connectivity index (χ0v) is 35.3. The standard InChI is InChI=1S/C46H55N7O8/c1-45(2,3)61-44(59)50-36(27-33-28-47-29-52(33)4)41(56)53-24-14-21-38(53)40(55)51-46(23-22-32-19-12-13-20-34(32)46)43(58)49-35(25-30-15-8-6-9-16-30)39(54)48-37(42(57)60-5)26-31-17-10-7-11-18-31/h6-13,15-20,28-29,35-38H,14,21-27H2,1-5H3,(H,48,54)(H,49,58)(H,50,59)(H,51,55)/t35-,36-,37-,38+,46?/m0/s1. The number of hydrogen-bond acceptors (Lipinski definition) is 9. The Labute approximate surface area is 356 Å². The summed E-state index contributed by atoms with van der Waals surface area (Å²) in [5, 5.41) is 11.6. The molecule has 1 unspecified atom stereocenters. The van der Waals surface area contributed by atoms with Gasteiger partial charge < -0.3 is 40.2 Å². The number of methoxy groups -OCH3 is 1. The van der Waals surface area contributed by atoms with Gasteiger partial charge in [-0.1, -0.05) is 84.9 Å². The number of carbonyl (C=O) groups is 6. The molecule has 0 saturated carbocycles. The van der Waals surface area contributed by atoms with Crippen molar-refractivity contribution < 1.29 is 38.2 Å². The van der Waals surface area contributed by atoms with E-state index in [4.69, 9.17) is 9.47 Å². The molecule has 1 aliphatic heterocycles. The largest absolute Gasteiger partial charge is 0.467 e. The van der Waals surface area contributed by atoms with Crippen molar-refractivity contribution in [2.45, 2.75) is 101 Å². The zero-order chi connectivity index (χ0) is 43.7. The molecule has 0 spiro atoms. The fourth-order valence-electron chi connectivity index (χ4n) is 8.07. The number of rotatable bonds is 15. The van der Waals surface area contributed by atoms with E-state index in [1.54, 1.807) is 57.0 Å². The molecule has 1 aliphatic carbocycles. The quantitative estimate of drug-likeness (QED) is 0.130. The summed E-state index contributed by atoms with van der Waals surface area (Å²) in [6.07, 6.45) is 4.22. The van der Waals surface area contributed by atoms with Crippen LogP contribution in [0.1, 0.15) is 68.0 Å². The number of benzene rings is 3. The third-order valence-corrected chi connectivity index (χ3v) is 11.1. The van der Waals surface area contributed by atoms with Crippen LogP contribution < -0.4 is 21.3 Å². The average Bonchev–Trinajstić information content (AvgIpc) is 3.99. The van der Waals surface area contributed by atoms with Crippen molar-refractivity contribution in [3.8, 4) is 0 Å². The van der Waals surface area contributed by atoms with Gasteiger partial charge in [-0.3, -0.25) is 19.2 Å². The van der Waals surface area contributed by atoms with Gasteiger partial charge >= 0.3 is 12.1 Å². The van der Waals surface area contributed by atoms with Crippen LogP contribution in [0.25, 0.3) is 0 Å². The third kappa shape index (κ3) is 10.8. The Balaban J connectivity index is 1.27. The van der Waals surface area contributed by atoms with E-state index < -0.39 is 71.0 Å². The summed E-state index contributed by atoms with van der Waals surface area (Å²) in [5.41, 5.74) is 1.23. The molecule has 4 aromatic rings. The Morgan fingerprint density at radius 1 is 0.820 bits per heavy atom. The first-order valence-electron chi connectivity index (χ1n) is 20.6. The first kappa shape index (κ1) is 44.1. The lowest BCUT2D eigenvalue weighted by molar-refractivity contribution is -0.145. The van der Waals surface area contributed by atoms with Crippen molar-refractivity contribution in [1.29, 1.82) is 0 Å². The predicted molar refractivity (Wildman–Crippen MR) is 226 cm³/mol. The molecule has 15 nitrogen and oxygen atoms in total. The zero-order valence-electron chi connectivity index (χ0n) is 35.3. The number of ether oxygens (including phenoxy) is 2. The fourth-order valence-corrected chi connectivity index (χ4v) is 8.07. The highest BCUT2D eigenvalue weighted by atomic mass is 16.6. The topological polar surface area (TPSA) is 190 Å². The molecule has 5 atom stereocenters. The van der Waals surface area contributed by atoms with Crippen LogP contribution in [0.4, 0.5) is 4.79 Å². The second kappa shape index (κ2) is 19.3. The molecule has 0 bridgehead atoms. The van der Waals surface area contributed by atoms with E-state index in [1.807, 2.05) is 72.8 Å². The Kier molecular flexibility index (Phi) is 13.9. The molecule has 322 valence electrons. The Bertz CT molecular complexity index is 2210.